The van der Waals surface area contributed by atoms with Gasteiger partial charge >= 0.3 is 0 Å². The lowest BCUT2D eigenvalue weighted by Crippen LogP contribution is -2.60. The van der Waals surface area contributed by atoms with Crippen molar-refractivity contribution < 1.29 is 14.2 Å². The maximum atomic E-state index is 14.6. The number of hydrogen-bond donors (Lipinski definition) is 1. The van der Waals surface area contributed by atoms with E-state index in [2.05, 4.69) is 23.1 Å². The predicted octanol–water partition coefficient (Wildman–Crippen LogP) is 3.14. The lowest BCUT2D eigenvalue weighted by molar-refractivity contribution is -0.150. The van der Waals surface area contributed by atoms with Crippen molar-refractivity contribution in [2.24, 2.45) is 0 Å². The molecule has 2 heterocycles. The van der Waals surface area contributed by atoms with Gasteiger partial charge in [-0.1, -0.05) is 36.4 Å². The van der Waals surface area contributed by atoms with E-state index >= 15 is 0 Å². The van der Waals surface area contributed by atoms with E-state index in [4.69, 9.17) is 10.00 Å². The van der Waals surface area contributed by atoms with Crippen molar-refractivity contribution in [3.63, 3.8) is 0 Å². The first-order valence-corrected chi connectivity index (χ1v) is 9.35. The van der Waals surface area contributed by atoms with Crippen molar-refractivity contribution in [2.75, 3.05) is 13.2 Å². The third kappa shape index (κ3) is 3.61. The Bertz CT molecular complexity index is 835. The van der Waals surface area contributed by atoms with Crippen LogP contribution in [0.15, 0.2) is 48.5 Å². The van der Waals surface area contributed by atoms with E-state index in [0.29, 0.717) is 31.6 Å². The summed E-state index contributed by atoms with van der Waals surface area (Å²) in [7, 11) is 0. The molecule has 0 aromatic heterocycles. The molecule has 4 rings (SSSR count). The van der Waals surface area contributed by atoms with Crippen LogP contribution < -0.4 is 0 Å². The van der Waals surface area contributed by atoms with E-state index in [1.165, 1.54) is 11.6 Å². The van der Waals surface area contributed by atoms with E-state index in [0.717, 1.165) is 12.1 Å². The van der Waals surface area contributed by atoms with E-state index in [9.17, 15) is 9.50 Å². The number of ether oxygens (including phenoxy) is 1. The Morgan fingerprint density at radius 3 is 2.48 bits per heavy atom. The third-order valence-electron chi connectivity index (χ3n) is 5.73. The van der Waals surface area contributed by atoms with Gasteiger partial charge in [-0.2, -0.15) is 5.26 Å². The summed E-state index contributed by atoms with van der Waals surface area (Å²) in [4.78, 5) is 2.38. The Balaban J connectivity index is 1.61. The fraction of sp³-hybridized carbons (Fsp3) is 0.409. The van der Waals surface area contributed by atoms with Gasteiger partial charge < -0.3 is 9.84 Å². The first-order valence-electron chi connectivity index (χ1n) is 9.35. The van der Waals surface area contributed by atoms with Crippen LogP contribution in [0.25, 0.3) is 0 Å². The highest BCUT2D eigenvalue weighted by atomic mass is 19.1. The quantitative estimate of drug-likeness (QED) is 0.903. The van der Waals surface area contributed by atoms with E-state index in [1.807, 2.05) is 18.2 Å². The smallest absolute Gasteiger partial charge is 0.129 e. The van der Waals surface area contributed by atoms with Gasteiger partial charge in [0.2, 0.25) is 0 Å². The second kappa shape index (κ2) is 7.40. The van der Waals surface area contributed by atoms with Crippen LogP contribution in [-0.4, -0.2) is 35.3 Å². The molecule has 0 spiro atoms. The van der Waals surface area contributed by atoms with Crippen molar-refractivity contribution in [1.29, 1.82) is 5.26 Å². The highest BCUT2D eigenvalue weighted by molar-refractivity contribution is 5.32. The number of nitriles is 1. The summed E-state index contributed by atoms with van der Waals surface area (Å²) in [5.41, 5.74) is 1.03. The molecule has 140 valence electrons. The van der Waals surface area contributed by atoms with Crippen LogP contribution in [0.5, 0.6) is 0 Å². The molecular weight excluding hydrogens is 343 g/mol. The summed E-state index contributed by atoms with van der Waals surface area (Å²) in [6.07, 6.45) is 1.05. The van der Waals surface area contributed by atoms with Crippen molar-refractivity contribution in [2.45, 2.75) is 43.5 Å². The van der Waals surface area contributed by atoms with Gasteiger partial charge in [0.05, 0.1) is 31.3 Å². The maximum Gasteiger partial charge on any atom is 0.129 e. The van der Waals surface area contributed by atoms with Crippen molar-refractivity contribution >= 4 is 0 Å². The molecule has 2 aliphatic rings. The summed E-state index contributed by atoms with van der Waals surface area (Å²) >= 11 is 0. The highest BCUT2D eigenvalue weighted by Gasteiger charge is 2.47. The normalized spacial score (nSPS) is 27.9. The Labute approximate surface area is 158 Å². The molecule has 2 fully saturated rings. The summed E-state index contributed by atoms with van der Waals surface area (Å²) in [5.74, 6) is -0.408. The number of fused-ring (bicyclic) bond motifs is 2. The fourth-order valence-electron chi connectivity index (χ4n) is 4.45. The molecular formula is C22H23FN2O2. The molecule has 2 aliphatic heterocycles. The molecule has 0 aliphatic carbocycles. The fourth-order valence-corrected chi connectivity index (χ4v) is 4.45. The van der Waals surface area contributed by atoms with Gasteiger partial charge in [-0.05, 0) is 36.1 Å². The molecule has 27 heavy (non-hydrogen) atoms. The molecule has 2 aromatic rings. The molecule has 0 radical (unpaired) electrons. The highest BCUT2D eigenvalue weighted by Crippen LogP contribution is 2.42. The molecule has 5 heteroatoms. The van der Waals surface area contributed by atoms with Gasteiger partial charge in [0, 0.05) is 24.2 Å². The zero-order valence-electron chi connectivity index (χ0n) is 15.1. The van der Waals surface area contributed by atoms with Crippen LogP contribution in [0.4, 0.5) is 4.39 Å². The van der Waals surface area contributed by atoms with Crippen molar-refractivity contribution in [3.8, 4) is 6.07 Å². The topological polar surface area (TPSA) is 56.5 Å². The second-order valence-corrected chi connectivity index (χ2v) is 7.59. The zero-order valence-corrected chi connectivity index (χ0v) is 15.1. The number of benzene rings is 2. The van der Waals surface area contributed by atoms with Crippen LogP contribution in [0.3, 0.4) is 0 Å². The first-order chi connectivity index (χ1) is 13.1. The molecule has 4 nitrogen and oxygen atoms in total. The largest absolute Gasteiger partial charge is 0.385 e. The van der Waals surface area contributed by atoms with Gasteiger partial charge in [-0.3, -0.25) is 4.90 Å². The third-order valence-corrected chi connectivity index (χ3v) is 5.73. The minimum Gasteiger partial charge on any atom is -0.385 e. The van der Waals surface area contributed by atoms with Crippen LogP contribution >= 0.6 is 0 Å². The van der Waals surface area contributed by atoms with E-state index in [-0.39, 0.29) is 18.5 Å². The number of nitrogens with zero attached hydrogens (tertiary/aromatic N) is 2. The molecule has 2 unspecified atom stereocenters. The average Bonchev–Trinajstić information content (AvgIpc) is 2.65. The van der Waals surface area contributed by atoms with Crippen LogP contribution in [0.1, 0.15) is 29.5 Å². The minimum atomic E-state index is -1.23. The van der Waals surface area contributed by atoms with Crippen LogP contribution in [0.2, 0.25) is 0 Å². The van der Waals surface area contributed by atoms with Crippen LogP contribution in [-0.2, 0) is 23.3 Å². The Hall–Kier alpha value is -2.26. The number of aliphatic hydroxyl groups is 1. The molecule has 2 aromatic carbocycles. The second-order valence-electron chi connectivity index (χ2n) is 7.59. The number of morpholine rings is 1. The number of piperidine rings is 1. The molecule has 0 saturated carbocycles. The first kappa shape index (κ1) is 18.1. The number of halogens is 1. The minimum absolute atomic E-state index is 0.0294. The van der Waals surface area contributed by atoms with E-state index < -0.39 is 11.4 Å². The standard InChI is InChI=1S/C22H23FN2O2/c23-21-7-6-16(8-9-24)10-20(21)22(26)11-18-14-27-15-19(12-22)25(18)13-17-4-2-1-3-5-17/h1-7,10,18-19,26H,8,11-15H2. The maximum absolute atomic E-state index is 14.6. The van der Waals surface area contributed by atoms with Crippen molar-refractivity contribution in [1.82, 2.24) is 4.90 Å². The Morgan fingerprint density at radius 2 is 1.81 bits per heavy atom. The van der Waals surface area contributed by atoms with Crippen LogP contribution in [0, 0.1) is 17.1 Å². The molecule has 2 saturated heterocycles. The Kier molecular flexibility index (Phi) is 4.96. The Morgan fingerprint density at radius 1 is 1.11 bits per heavy atom. The van der Waals surface area contributed by atoms with E-state index in [1.54, 1.807) is 12.1 Å². The zero-order chi connectivity index (χ0) is 18.9. The summed E-state index contributed by atoms with van der Waals surface area (Å²) in [6, 6.07) is 17.0. The van der Waals surface area contributed by atoms with Gasteiger partial charge in [-0.15, -0.1) is 0 Å². The van der Waals surface area contributed by atoms with Gasteiger partial charge in [0.15, 0.2) is 0 Å². The molecule has 0 amide bonds. The predicted molar refractivity (Wildman–Crippen MR) is 99.2 cm³/mol. The summed E-state index contributed by atoms with van der Waals surface area (Å²) in [5, 5.41) is 20.3. The summed E-state index contributed by atoms with van der Waals surface area (Å²) < 4.78 is 20.3. The van der Waals surface area contributed by atoms with Crippen molar-refractivity contribution in [3.05, 3.63) is 71.0 Å². The molecule has 2 atom stereocenters. The summed E-state index contributed by atoms with van der Waals surface area (Å²) in [6.45, 7) is 1.86. The average molecular weight is 366 g/mol. The SMILES string of the molecule is N#CCc1ccc(F)c(C2(O)CC3COCC(C2)N3Cc2ccccc2)c1. The van der Waals surface area contributed by atoms with Gasteiger partial charge in [0.25, 0.3) is 0 Å². The molecule has 2 bridgehead atoms. The number of hydrogen-bond acceptors (Lipinski definition) is 4. The van der Waals surface area contributed by atoms with Gasteiger partial charge in [0.1, 0.15) is 5.82 Å². The molecule has 1 N–H and O–H groups in total. The lowest BCUT2D eigenvalue weighted by atomic mass is 9.76. The lowest BCUT2D eigenvalue weighted by Gasteiger charge is -2.52. The number of rotatable bonds is 4. The van der Waals surface area contributed by atoms with Gasteiger partial charge in [-0.25, -0.2) is 4.39 Å². The monoisotopic (exact) mass is 366 g/mol.